The van der Waals surface area contributed by atoms with Crippen molar-refractivity contribution in [1.82, 2.24) is 39.5 Å². The number of amides is 1. The van der Waals surface area contributed by atoms with Gasteiger partial charge in [-0.15, -0.1) is 0 Å². The lowest BCUT2D eigenvalue weighted by molar-refractivity contribution is -0.132. The van der Waals surface area contributed by atoms with Crippen molar-refractivity contribution in [1.29, 1.82) is 0 Å². The molecule has 10 rings (SSSR count). The minimum absolute atomic E-state index is 0.250. The van der Waals surface area contributed by atoms with Crippen molar-refractivity contribution in [2.75, 3.05) is 50.7 Å². The largest absolute Gasteiger partial charge is 0.368 e. The van der Waals surface area contributed by atoms with E-state index in [2.05, 4.69) is 135 Å². The first-order chi connectivity index (χ1) is 29.5. The third-order valence-corrected chi connectivity index (χ3v) is 12.0. The number of carbonyl (C=O) groups excluding carboxylic acids is 1. The van der Waals surface area contributed by atoms with Crippen molar-refractivity contribution in [2.24, 2.45) is 0 Å². The van der Waals surface area contributed by atoms with Crippen molar-refractivity contribution in [3.63, 3.8) is 0 Å². The number of likely N-dealkylation sites (tertiary alicyclic amines) is 1. The molecule has 0 unspecified atom stereocenters. The van der Waals surface area contributed by atoms with Crippen LogP contribution in [0.4, 0.5) is 10.1 Å². The third-order valence-electron chi connectivity index (χ3n) is 11.5. The number of rotatable bonds is 8. The van der Waals surface area contributed by atoms with E-state index in [1.165, 1.54) is 25.2 Å². The Morgan fingerprint density at radius 3 is 1.85 bits per heavy atom. The van der Waals surface area contributed by atoms with Gasteiger partial charge in [0, 0.05) is 54.4 Å². The number of hydrogen-bond donors (Lipinski definition) is 0. The minimum Gasteiger partial charge on any atom is -0.368 e. The SMILES string of the molecule is Brc1nn(C(c2ccccc2)(c2ccccc2)c2ccccc2)c2cc3cncnc3cc12.O=C(CN1CCCC1)N1CCN(c2ccc(-c3ncc(F)cn3)cc2)CC1. The van der Waals surface area contributed by atoms with Crippen molar-refractivity contribution in [2.45, 2.75) is 18.4 Å². The zero-order chi connectivity index (χ0) is 40.9. The van der Waals surface area contributed by atoms with Crippen LogP contribution in [0.1, 0.15) is 29.5 Å². The first-order valence-electron chi connectivity index (χ1n) is 20.3. The van der Waals surface area contributed by atoms with Crippen LogP contribution in [0.2, 0.25) is 0 Å². The van der Waals surface area contributed by atoms with E-state index in [1.54, 1.807) is 6.33 Å². The van der Waals surface area contributed by atoms with Gasteiger partial charge in [-0.3, -0.25) is 9.69 Å². The summed E-state index contributed by atoms with van der Waals surface area (Å²) in [6.45, 7) is 5.85. The molecule has 0 N–H and O–H groups in total. The van der Waals surface area contributed by atoms with Crippen LogP contribution in [-0.2, 0) is 10.3 Å². The molecular weight excluding hydrogens is 817 g/mol. The molecule has 0 spiro atoms. The summed E-state index contributed by atoms with van der Waals surface area (Å²) in [5.41, 5.74) is 6.57. The maximum absolute atomic E-state index is 12.9. The number of piperazine rings is 1. The highest BCUT2D eigenvalue weighted by atomic mass is 79.9. The second kappa shape index (κ2) is 17.5. The second-order valence-electron chi connectivity index (χ2n) is 15.1. The lowest BCUT2D eigenvalue weighted by Gasteiger charge is -2.37. The molecule has 3 aromatic heterocycles. The van der Waals surface area contributed by atoms with Gasteiger partial charge in [-0.05, 0) is 94.9 Å². The van der Waals surface area contributed by atoms with Crippen LogP contribution >= 0.6 is 15.9 Å². The lowest BCUT2D eigenvalue weighted by atomic mass is 9.77. The molecule has 5 aromatic carbocycles. The average Bonchev–Trinajstić information content (AvgIpc) is 3.94. The Labute approximate surface area is 356 Å². The predicted octanol–water partition coefficient (Wildman–Crippen LogP) is 8.61. The van der Waals surface area contributed by atoms with Crippen LogP contribution in [-0.4, -0.2) is 91.2 Å². The normalized spacial score (nSPS) is 14.6. The van der Waals surface area contributed by atoms with E-state index in [9.17, 15) is 9.18 Å². The van der Waals surface area contributed by atoms with Crippen LogP contribution in [0, 0.1) is 5.82 Å². The fourth-order valence-electron chi connectivity index (χ4n) is 8.44. The Hall–Kier alpha value is -6.37. The first kappa shape index (κ1) is 39.1. The van der Waals surface area contributed by atoms with Gasteiger partial charge >= 0.3 is 0 Å². The maximum Gasteiger partial charge on any atom is 0.236 e. The monoisotopic (exact) mass is 859 g/mol. The molecule has 0 aliphatic carbocycles. The highest BCUT2D eigenvalue weighted by Crippen LogP contribution is 2.43. The highest BCUT2D eigenvalue weighted by molar-refractivity contribution is 9.10. The summed E-state index contributed by atoms with van der Waals surface area (Å²) in [6, 6.07) is 43.8. The van der Waals surface area contributed by atoms with Crippen LogP contribution in [0.25, 0.3) is 33.2 Å². The summed E-state index contributed by atoms with van der Waals surface area (Å²) in [5.74, 6) is 0.327. The minimum atomic E-state index is -0.683. The molecule has 1 amide bonds. The van der Waals surface area contributed by atoms with E-state index in [0.29, 0.717) is 12.4 Å². The molecule has 2 aliphatic rings. The number of nitrogens with zero attached hydrogens (tertiary/aromatic N) is 9. The Kier molecular flexibility index (Phi) is 11.4. The van der Waals surface area contributed by atoms with Gasteiger partial charge in [-0.25, -0.2) is 29.0 Å². The molecule has 2 fully saturated rings. The number of anilines is 1. The van der Waals surface area contributed by atoms with Crippen LogP contribution < -0.4 is 4.90 Å². The number of benzene rings is 5. The molecular formula is C48H43BrFN9O. The quantitative estimate of drug-likeness (QED) is 0.140. The molecule has 0 radical (unpaired) electrons. The summed E-state index contributed by atoms with van der Waals surface area (Å²) < 4.78 is 15.9. The van der Waals surface area contributed by atoms with Crippen LogP contribution in [0.5, 0.6) is 0 Å². The van der Waals surface area contributed by atoms with E-state index >= 15 is 0 Å². The third kappa shape index (κ3) is 7.88. The zero-order valence-electron chi connectivity index (χ0n) is 33.0. The maximum atomic E-state index is 12.9. The molecule has 0 bridgehead atoms. The van der Waals surface area contributed by atoms with E-state index in [1.807, 2.05) is 53.6 Å². The predicted molar refractivity (Wildman–Crippen MR) is 237 cm³/mol. The molecule has 8 aromatic rings. The van der Waals surface area contributed by atoms with Crippen LogP contribution in [0.15, 0.2) is 157 Å². The molecule has 300 valence electrons. The molecule has 5 heterocycles. The molecule has 10 nitrogen and oxygen atoms in total. The molecule has 2 aliphatic heterocycles. The Morgan fingerprint density at radius 1 is 0.683 bits per heavy atom. The lowest BCUT2D eigenvalue weighted by Crippen LogP contribution is -2.51. The van der Waals surface area contributed by atoms with Crippen molar-refractivity contribution in [3.05, 3.63) is 179 Å². The van der Waals surface area contributed by atoms with Crippen molar-refractivity contribution in [3.8, 4) is 11.4 Å². The number of carbonyl (C=O) groups is 1. The highest BCUT2D eigenvalue weighted by Gasteiger charge is 2.41. The zero-order valence-corrected chi connectivity index (χ0v) is 34.6. The molecule has 60 heavy (non-hydrogen) atoms. The van der Waals surface area contributed by atoms with Gasteiger partial charge in [0.05, 0.1) is 30.0 Å². The molecule has 0 saturated carbocycles. The fraction of sp³-hybridized carbons (Fsp3) is 0.208. The van der Waals surface area contributed by atoms with Gasteiger partial charge in [0.25, 0.3) is 0 Å². The summed E-state index contributed by atoms with van der Waals surface area (Å²) >= 11 is 3.74. The number of hydrogen-bond acceptors (Lipinski definition) is 8. The Bertz CT molecular complexity index is 2590. The summed E-state index contributed by atoms with van der Waals surface area (Å²) in [5, 5.41) is 7.08. The topological polar surface area (TPSA) is 96.2 Å². The second-order valence-corrected chi connectivity index (χ2v) is 15.8. The van der Waals surface area contributed by atoms with Crippen molar-refractivity contribution < 1.29 is 9.18 Å². The molecule has 0 atom stereocenters. The number of aromatic nitrogens is 6. The van der Waals surface area contributed by atoms with E-state index in [0.717, 1.165) is 93.6 Å². The van der Waals surface area contributed by atoms with E-state index < -0.39 is 11.4 Å². The van der Waals surface area contributed by atoms with Gasteiger partial charge in [0.1, 0.15) is 16.5 Å². The summed E-state index contributed by atoms with van der Waals surface area (Å²) in [4.78, 5) is 35.7. The standard InChI is InChI=1S/C28H19BrN4.C20H24FN5O/c29-27-24-17-25-20(18-30-19-31-25)16-26(24)33(32-27)28(21-10-4-1-5-11-21,22-12-6-2-7-13-22)23-14-8-3-9-15-23;21-17-13-22-20(23-14-17)16-3-5-18(6-4-16)25-9-11-26(12-10-25)19(27)15-24-7-1-2-8-24/h1-19H;3-6,13-14H,1-2,7-12,15H2. The smallest absolute Gasteiger partial charge is 0.236 e. The van der Waals surface area contributed by atoms with Crippen LogP contribution in [0.3, 0.4) is 0 Å². The molecule has 2 saturated heterocycles. The summed E-state index contributed by atoms with van der Waals surface area (Å²) in [7, 11) is 0. The Balaban J connectivity index is 0.000000158. The van der Waals surface area contributed by atoms with Crippen molar-refractivity contribution >= 4 is 49.3 Å². The van der Waals surface area contributed by atoms with Gasteiger partial charge in [0.2, 0.25) is 5.91 Å². The number of halogens is 2. The van der Waals surface area contributed by atoms with Gasteiger partial charge < -0.3 is 9.80 Å². The molecule has 12 heteroatoms. The Morgan fingerprint density at radius 2 is 1.27 bits per heavy atom. The van der Waals surface area contributed by atoms with Gasteiger partial charge in [0.15, 0.2) is 11.6 Å². The van der Waals surface area contributed by atoms with Gasteiger partial charge in [-0.1, -0.05) is 91.0 Å². The van der Waals surface area contributed by atoms with E-state index in [-0.39, 0.29) is 5.91 Å². The average molecular weight is 861 g/mol. The van der Waals surface area contributed by atoms with Gasteiger partial charge in [-0.2, -0.15) is 5.10 Å². The fourth-order valence-corrected chi connectivity index (χ4v) is 8.92. The number of fused-ring (bicyclic) bond motifs is 2. The van der Waals surface area contributed by atoms with E-state index in [4.69, 9.17) is 5.10 Å². The summed E-state index contributed by atoms with van der Waals surface area (Å²) in [6.07, 6.45) is 8.19. The first-order valence-corrected chi connectivity index (χ1v) is 21.0.